The molecule has 2 fully saturated rings. The molecule has 1 aromatic rings. The summed E-state index contributed by atoms with van der Waals surface area (Å²) >= 11 is 0. The van der Waals surface area contributed by atoms with E-state index >= 15 is 0 Å². The molecule has 0 spiro atoms. The van der Waals surface area contributed by atoms with Crippen LogP contribution in [0, 0.1) is 11.8 Å². The molecule has 1 saturated carbocycles. The molecular formula is C15H21N. The van der Waals surface area contributed by atoms with Gasteiger partial charge in [-0.25, -0.2) is 0 Å². The quantitative estimate of drug-likeness (QED) is 0.732. The Morgan fingerprint density at radius 2 is 1.69 bits per heavy atom. The van der Waals surface area contributed by atoms with E-state index in [-0.39, 0.29) is 0 Å². The average molecular weight is 215 g/mol. The smallest absolute Gasteiger partial charge is 0.00130 e. The summed E-state index contributed by atoms with van der Waals surface area (Å²) in [4.78, 5) is 2.62. The van der Waals surface area contributed by atoms with E-state index < -0.39 is 0 Å². The molecule has 3 rings (SSSR count). The summed E-state index contributed by atoms with van der Waals surface area (Å²) in [7, 11) is 0. The maximum Gasteiger partial charge on any atom is 0.00130 e. The maximum absolute atomic E-state index is 2.62. The average Bonchev–Trinajstić information content (AvgIpc) is 2.87. The number of nitrogens with zero attached hydrogens (tertiary/aromatic N) is 1. The van der Waals surface area contributed by atoms with Gasteiger partial charge in [-0.3, -0.25) is 0 Å². The molecule has 0 N–H and O–H groups in total. The normalized spacial score (nSPS) is 34.2. The Morgan fingerprint density at radius 1 is 1.06 bits per heavy atom. The second-order valence-corrected chi connectivity index (χ2v) is 5.45. The van der Waals surface area contributed by atoms with Gasteiger partial charge in [-0.2, -0.15) is 0 Å². The Kier molecular flexibility index (Phi) is 2.72. The third-order valence-corrected chi connectivity index (χ3v) is 4.54. The summed E-state index contributed by atoms with van der Waals surface area (Å²) in [5.41, 5.74) is 1.57. The van der Waals surface area contributed by atoms with Crippen LogP contribution in [0.25, 0.3) is 0 Å². The van der Waals surface area contributed by atoms with Gasteiger partial charge in [-0.05, 0) is 42.7 Å². The van der Waals surface area contributed by atoms with Crippen LogP contribution in [-0.4, -0.2) is 24.5 Å². The fourth-order valence-electron chi connectivity index (χ4n) is 3.65. The van der Waals surface area contributed by atoms with Gasteiger partial charge in [0.2, 0.25) is 0 Å². The molecule has 3 atom stereocenters. The molecule has 86 valence electrons. The number of benzene rings is 1. The van der Waals surface area contributed by atoms with Crippen LogP contribution in [0.15, 0.2) is 30.3 Å². The highest BCUT2D eigenvalue weighted by molar-refractivity contribution is 5.21. The van der Waals surface area contributed by atoms with Crippen LogP contribution in [0.1, 0.15) is 31.2 Å². The van der Waals surface area contributed by atoms with E-state index in [4.69, 9.17) is 0 Å². The zero-order valence-electron chi connectivity index (χ0n) is 10.1. The molecule has 1 unspecified atom stereocenters. The van der Waals surface area contributed by atoms with Gasteiger partial charge in [0, 0.05) is 13.1 Å². The third-order valence-electron chi connectivity index (χ3n) is 4.54. The van der Waals surface area contributed by atoms with Crippen molar-refractivity contribution in [3.05, 3.63) is 35.9 Å². The van der Waals surface area contributed by atoms with Crippen LogP contribution in [0.2, 0.25) is 0 Å². The lowest BCUT2D eigenvalue weighted by atomic mass is 9.96. The fourth-order valence-corrected chi connectivity index (χ4v) is 3.65. The van der Waals surface area contributed by atoms with Crippen LogP contribution in [-0.2, 0) is 0 Å². The number of hydrogen-bond acceptors (Lipinski definition) is 1. The van der Waals surface area contributed by atoms with Gasteiger partial charge < -0.3 is 4.90 Å². The molecule has 0 amide bonds. The van der Waals surface area contributed by atoms with Gasteiger partial charge in [0.15, 0.2) is 0 Å². The second-order valence-electron chi connectivity index (χ2n) is 5.45. The number of hydrogen-bond donors (Lipinski definition) is 0. The van der Waals surface area contributed by atoms with E-state index in [0.717, 1.165) is 17.8 Å². The van der Waals surface area contributed by atoms with Crippen LogP contribution in [0.3, 0.4) is 0 Å². The minimum atomic E-state index is 0.843. The monoisotopic (exact) mass is 215 g/mol. The SMILES string of the molecule is CCN1C[C@H]2CC(c3ccccc3)C[C@H]2C1. The summed E-state index contributed by atoms with van der Waals surface area (Å²) in [5.74, 6) is 2.80. The predicted molar refractivity (Wildman–Crippen MR) is 67.5 cm³/mol. The third kappa shape index (κ3) is 1.78. The molecule has 1 heteroatoms. The first-order valence-corrected chi connectivity index (χ1v) is 6.64. The van der Waals surface area contributed by atoms with Crippen molar-refractivity contribution in [1.29, 1.82) is 0 Å². The van der Waals surface area contributed by atoms with Crippen molar-refractivity contribution < 1.29 is 0 Å². The zero-order valence-corrected chi connectivity index (χ0v) is 10.1. The topological polar surface area (TPSA) is 3.24 Å². The Morgan fingerprint density at radius 3 is 2.25 bits per heavy atom. The van der Waals surface area contributed by atoms with E-state index in [9.17, 15) is 0 Å². The van der Waals surface area contributed by atoms with Crippen LogP contribution in [0.5, 0.6) is 0 Å². The largest absolute Gasteiger partial charge is 0.303 e. The highest BCUT2D eigenvalue weighted by Crippen LogP contribution is 2.45. The Bertz CT molecular complexity index is 332. The van der Waals surface area contributed by atoms with Crippen LogP contribution < -0.4 is 0 Å². The summed E-state index contributed by atoms with van der Waals surface area (Å²) in [6, 6.07) is 11.1. The van der Waals surface area contributed by atoms with Crippen molar-refractivity contribution in [3.63, 3.8) is 0 Å². The lowest BCUT2D eigenvalue weighted by Crippen LogP contribution is -2.21. The molecule has 1 heterocycles. The highest BCUT2D eigenvalue weighted by Gasteiger charge is 2.40. The van der Waals surface area contributed by atoms with Gasteiger partial charge in [0.25, 0.3) is 0 Å². The van der Waals surface area contributed by atoms with E-state index in [2.05, 4.69) is 42.2 Å². The highest BCUT2D eigenvalue weighted by atomic mass is 15.1. The molecule has 1 aromatic carbocycles. The first kappa shape index (κ1) is 10.3. The zero-order chi connectivity index (χ0) is 11.0. The van der Waals surface area contributed by atoms with Crippen molar-refractivity contribution in [2.24, 2.45) is 11.8 Å². The lowest BCUT2D eigenvalue weighted by Gasteiger charge is -2.17. The number of fused-ring (bicyclic) bond motifs is 1. The summed E-state index contributed by atoms with van der Waals surface area (Å²) in [5, 5.41) is 0. The van der Waals surface area contributed by atoms with Crippen molar-refractivity contribution in [3.8, 4) is 0 Å². The molecule has 0 bridgehead atoms. The second kappa shape index (κ2) is 4.21. The Hall–Kier alpha value is -0.820. The Balaban J connectivity index is 1.68. The standard InChI is InChI=1S/C15H21N/c1-2-16-10-14-8-13(9-15(14)11-16)12-6-4-3-5-7-12/h3-7,13-15H,2,8-11H2,1H3/t13?,14-,15+. The van der Waals surface area contributed by atoms with Crippen molar-refractivity contribution in [2.45, 2.75) is 25.7 Å². The molecular weight excluding hydrogens is 194 g/mol. The fraction of sp³-hybridized carbons (Fsp3) is 0.600. The van der Waals surface area contributed by atoms with Gasteiger partial charge in [0.05, 0.1) is 0 Å². The molecule has 16 heavy (non-hydrogen) atoms. The molecule has 2 aliphatic rings. The minimum absolute atomic E-state index is 0.843. The molecule has 0 aromatic heterocycles. The molecule has 1 nitrogen and oxygen atoms in total. The lowest BCUT2D eigenvalue weighted by molar-refractivity contribution is 0.323. The van der Waals surface area contributed by atoms with Crippen LogP contribution in [0.4, 0.5) is 0 Å². The van der Waals surface area contributed by atoms with Gasteiger partial charge in [-0.15, -0.1) is 0 Å². The van der Waals surface area contributed by atoms with E-state index in [1.807, 2.05) is 0 Å². The summed E-state index contributed by atoms with van der Waals surface area (Å²) < 4.78 is 0. The maximum atomic E-state index is 2.62. The first-order chi connectivity index (χ1) is 7.86. The first-order valence-electron chi connectivity index (χ1n) is 6.64. The van der Waals surface area contributed by atoms with Gasteiger partial charge in [0.1, 0.15) is 0 Å². The summed E-state index contributed by atoms with van der Waals surface area (Å²) in [6.07, 6.45) is 2.84. The van der Waals surface area contributed by atoms with Gasteiger partial charge >= 0.3 is 0 Å². The predicted octanol–water partition coefficient (Wildman–Crippen LogP) is 3.13. The molecule has 1 aliphatic heterocycles. The molecule has 0 radical (unpaired) electrons. The summed E-state index contributed by atoms with van der Waals surface area (Å²) in [6.45, 7) is 6.23. The van der Waals surface area contributed by atoms with E-state index in [0.29, 0.717) is 0 Å². The number of likely N-dealkylation sites (tertiary alicyclic amines) is 1. The van der Waals surface area contributed by atoms with Crippen molar-refractivity contribution in [1.82, 2.24) is 4.90 Å². The molecule has 1 saturated heterocycles. The van der Waals surface area contributed by atoms with E-state index in [1.165, 1.54) is 32.5 Å². The molecule has 1 aliphatic carbocycles. The Labute approximate surface area is 98.5 Å². The van der Waals surface area contributed by atoms with E-state index in [1.54, 1.807) is 5.56 Å². The van der Waals surface area contributed by atoms with Gasteiger partial charge in [-0.1, -0.05) is 37.3 Å². The van der Waals surface area contributed by atoms with Crippen LogP contribution >= 0.6 is 0 Å². The number of rotatable bonds is 2. The minimum Gasteiger partial charge on any atom is -0.303 e. The van der Waals surface area contributed by atoms with Crippen molar-refractivity contribution in [2.75, 3.05) is 19.6 Å². The van der Waals surface area contributed by atoms with Crippen molar-refractivity contribution >= 4 is 0 Å².